The molecular weight excluding hydrogens is 342 g/mol. The zero-order valence-corrected chi connectivity index (χ0v) is 15.9. The van der Waals surface area contributed by atoms with E-state index in [4.69, 9.17) is 14.6 Å². The van der Waals surface area contributed by atoms with Crippen molar-refractivity contribution in [2.45, 2.75) is 32.1 Å². The molecule has 0 saturated carbocycles. The number of ether oxygens (including phenoxy) is 2. The molecule has 0 aliphatic rings. The highest BCUT2D eigenvalue weighted by molar-refractivity contribution is 5.66. The first-order chi connectivity index (χ1) is 13.2. The van der Waals surface area contributed by atoms with Crippen molar-refractivity contribution in [3.8, 4) is 11.5 Å². The number of methoxy groups -OCH3 is 1. The Hall–Kier alpha value is -2.53. The fourth-order valence-corrected chi connectivity index (χ4v) is 2.72. The Bertz CT molecular complexity index is 668. The van der Waals surface area contributed by atoms with Crippen molar-refractivity contribution in [2.24, 2.45) is 0 Å². The van der Waals surface area contributed by atoms with Crippen LogP contribution in [0, 0.1) is 0 Å². The van der Waals surface area contributed by atoms with Crippen molar-refractivity contribution in [2.75, 3.05) is 26.8 Å². The number of benzene rings is 2. The molecule has 5 nitrogen and oxygen atoms in total. The predicted molar refractivity (Wildman–Crippen MR) is 107 cm³/mol. The maximum Gasteiger partial charge on any atom is 0.304 e. The van der Waals surface area contributed by atoms with E-state index in [1.165, 1.54) is 11.1 Å². The largest absolute Gasteiger partial charge is 0.497 e. The number of nitrogens with one attached hydrogen (secondary N) is 1. The van der Waals surface area contributed by atoms with Gasteiger partial charge in [-0.1, -0.05) is 24.3 Å². The normalized spacial score (nSPS) is 10.6. The molecule has 0 radical (unpaired) electrons. The Balaban J connectivity index is 1.57. The predicted octanol–water partition coefficient (Wildman–Crippen LogP) is 3.70. The third-order valence-electron chi connectivity index (χ3n) is 4.32. The van der Waals surface area contributed by atoms with Gasteiger partial charge in [-0.2, -0.15) is 0 Å². The van der Waals surface area contributed by atoms with Crippen LogP contribution in [0.4, 0.5) is 0 Å². The van der Waals surface area contributed by atoms with Crippen LogP contribution in [0.25, 0.3) is 0 Å². The SMILES string of the molecule is COc1ccc(CCCCOc2ccc(CCNCCC(=O)O)cc2)cc1. The summed E-state index contributed by atoms with van der Waals surface area (Å²) < 4.78 is 11.0. The molecule has 0 aromatic heterocycles. The first-order valence-electron chi connectivity index (χ1n) is 9.44. The Morgan fingerprint density at radius 1 is 0.889 bits per heavy atom. The van der Waals surface area contributed by atoms with Gasteiger partial charge >= 0.3 is 5.97 Å². The van der Waals surface area contributed by atoms with Crippen molar-refractivity contribution in [3.05, 3.63) is 59.7 Å². The number of aliphatic carboxylic acids is 1. The summed E-state index contributed by atoms with van der Waals surface area (Å²) in [5.41, 5.74) is 2.53. The first kappa shape index (κ1) is 20.8. The summed E-state index contributed by atoms with van der Waals surface area (Å²) in [4.78, 5) is 10.4. The van der Waals surface area contributed by atoms with Crippen LogP contribution < -0.4 is 14.8 Å². The zero-order chi connectivity index (χ0) is 19.3. The van der Waals surface area contributed by atoms with Gasteiger partial charge < -0.3 is 19.9 Å². The molecule has 0 heterocycles. The highest BCUT2D eigenvalue weighted by atomic mass is 16.5. The van der Waals surface area contributed by atoms with Gasteiger partial charge in [-0.15, -0.1) is 0 Å². The minimum atomic E-state index is -0.770. The van der Waals surface area contributed by atoms with Gasteiger partial charge in [0.15, 0.2) is 0 Å². The number of hydrogen-bond donors (Lipinski definition) is 2. The molecule has 0 fully saturated rings. The molecule has 2 N–H and O–H groups in total. The van der Waals surface area contributed by atoms with E-state index >= 15 is 0 Å². The molecule has 0 aliphatic heterocycles. The molecule has 27 heavy (non-hydrogen) atoms. The molecule has 2 rings (SSSR count). The summed E-state index contributed by atoms with van der Waals surface area (Å²) in [6, 6.07) is 16.3. The number of carboxylic acid groups (broad SMARTS) is 1. The second kappa shape index (κ2) is 12.0. The second-order valence-electron chi connectivity index (χ2n) is 6.44. The summed E-state index contributed by atoms with van der Waals surface area (Å²) in [6.45, 7) is 2.00. The molecule has 2 aromatic carbocycles. The molecule has 0 amide bonds. The lowest BCUT2D eigenvalue weighted by Gasteiger charge is -2.08. The lowest BCUT2D eigenvalue weighted by molar-refractivity contribution is -0.136. The van der Waals surface area contributed by atoms with Crippen molar-refractivity contribution in [1.82, 2.24) is 5.32 Å². The number of unbranched alkanes of at least 4 members (excludes halogenated alkanes) is 1. The van der Waals surface area contributed by atoms with Crippen molar-refractivity contribution in [1.29, 1.82) is 0 Å². The topological polar surface area (TPSA) is 67.8 Å². The van der Waals surface area contributed by atoms with Gasteiger partial charge in [-0.3, -0.25) is 4.79 Å². The van der Waals surface area contributed by atoms with E-state index in [9.17, 15) is 4.79 Å². The van der Waals surface area contributed by atoms with Gasteiger partial charge in [0.25, 0.3) is 0 Å². The summed E-state index contributed by atoms with van der Waals surface area (Å²) in [6.07, 6.45) is 4.18. The average Bonchev–Trinajstić information content (AvgIpc) is 2.69. The van der Waals surface area contributed by atoms with E-state index in [1.807, 2.05) is 24.3 Å². The van der Waals surface area contributed by atoms with E-state index in [-0.39, 0.29) is 6.42 Å². The molecule has 0 aliphatic carbocycles. The van der Waals surface area contributed by atoms with Crippen molar-refractivity contribution < 1.29 is 19.4 Å². The van der Waals surface area contributed by atoms with E-state index < -0.39 is 5.97 Å². The Morgan fingerprint density at radius 3 is 2.15 bits per heavy atom. The Labute approximate surface area is 161 Å². The number of carbonyl (C=O) groups is 1. The van der Waals surface area contributed by atoms with Crippen LogP contribution in [-0.2, 0) is 17.6 Å². The Morgan fingerprint density at radius 2 is 1.52 bits per heavy atom. The fourth-order valence-electron chi connectivity index (χ4n) is 2.72. The molecule has 0 unspecified atom stereocenters. The van der Waals surface area contributed by atoms with E-state index in [2.05, 4.69) is 29.6 Å². The maximum absolute atomic E-state index is 10.4. The molecule has 0 spiro atoms. The molecule has 5 heteroatoms. The van der Waals surface area contributed by atoms with Crippen molar-refractivity contribution >= 4 is 5.97 Å². The number of aryl methyl sites for hydroxylation is 1. The molecule has 146 valence electrons. The summed E-state index contributed by atoms with van der Waals surface area (Å²) in [5, 5.41) is 11.7. The van der Waals surface area contributed by atoms with Crippen molar-refractivity contribution in [3.63, 3.8) is 0 Å². The molecular formula is C22H29NO4. The van der Waals surface area contributed by atoms with Crippen LogP contribution in [0.2, 0.25) is 0 Å². The van der Waals surface area contributed by atoms with Gasteiger partial charge in [0.1, 0.15) is 11.5 Å². The lowest BCUT2D eigenvalue weighted by atomic mass is 10.1. The van der Waals surface area contributed by atoms with Crippen LogP contribution in [0.3, 0.4) is 0 Å². The van der Waals surface area contributed by atoms with Crippen LogP contribution in [0.15, 0.2) is 48.5 Å². The number of carboxylic acids is 1. The fraction of sp³-hybridized carbons (Fsp3) is 0.409. The Kier molecular flexibility index (Phi) is 9.21. The van der Waals surface area contributed by atoms with E-state index in [0.29, 0.717) is 13.2 Å². The van der Waals surface area contributed by atoms with Gasteiger partial charge in [-0.25, -0.2) is 0 Å². The molecule has 0 atom stereocenters. The number of rotatable bonds is 13. The van der Waals surface area contributed by atoms with Gasteiger partial charge in [-0.05, 0) is 67.6 Å². The van der Waals surface area contributed by atoms with Gasteiger partial charge in [0.2, 0.25) is 0 Å². The molecule has 2 aromatic rings. The smallest absolute Gasteiger partial charge is 0.304 e. The zero-order valence-electron chi connectivity index (χ0n) is 15.9. The van der Waals surface area contributed by atoms with Crippen LogP contribution in [0.1, 0.15) is 30.4 Å². The summed E-state index contributed by atoms with van der Waals surface area (Å²) in [5.74, 6) is 1.01. The minimum absolute atomic E-state index is 0.158. The highest BCUT2D eigenvalue weighted by Gasteiger charge is 1.99. The number of hydrogen-bond acceptors (Lipinski definition) is 4. The van der Waals surface area contributed by atoms with E-state index in [0.717, 1.165) is 43.7 Å². The first-order valence-corrected chi connectivity index (χ1v) is 9.44. The molecule has 0 bridgehead atoms. The quantitative estimate of drug-likeness (QED) is 0.526. The minimum Gasteiger partial charge on any atom is -0.497 e. The third-order valence-corrected chi connectivity index (χ3v) is 4.32. The third kappa shape index (κ3) is 8.60. The standard InChI is InChI=1S/C22H29NO4/c1-26-20-9-5-18(6-10-20)4-2-3-17-27-21-11-7-19(8-12-21)13-15-23-16-14-22(24)25/h5-12,23H,2-4,13-17H2,1H3,(H,24,25). The van der Waals surface area contributed by atoms with Crippen LogP contribution in [-0.4, -0.2) is 37.9 Å². The van der Waals surface area contributed by atoms with E-state index in [1.54, 1.807) is 7.11 Å². The highest BCUT2D eigenvalue weighted by Crippen LogP contribution is 2.15. The lowest BCUT2D eigenvalue weighted by Crippen LogP contribution is -2.20. The van der Waals surface area contributed by atoms with Gasteiger partial charge in [0, 0.05) is 6.54 Å². The summed E-state index contributed by atoms with van der Waals surface area (Å²) in [7, 11) is 1.68. The average molecular weight is 371 g/mol. The van der Waals surface area contributed by atoms with Crippen LogP contribution in [0.5, 0.6) is 11.5 Å². The van der Waals surface area contributed by atoms with Gasteiger partial charge in [0.05, 0.1) is 20.1 Å². The van der Waals surface area contributed by atoms with Crippen LogP contribution >= 0.6 is 0 Å². The monoisotopic (exact) mass is 371 g/mol. The summed E-state index contributed by atoms with van der Waals surface area (Å²) >= 11 is 0. The maximum atomic E-state index is 10.4. The second-order valence-corrected chi connectivity index (χ2v) is 6.44. The molecule has 0 saturated heterocycles.